The second-order valence-corrected chi connectivity index (χ2v) is 14.2. The third-order valence-corrected chi connectivity index (χ3v) is 9.50. The summed E-state index contributed by atoms with van der Waals surface area (Å²) < 4.78 is 84.8. The number of nitro groups is 1. The SMILES string of the molecule is COc1cc(OC)nc(NC(=O)NS(=O)(=O)c2nc(C(F)(F)F)ccc2C(=O)O)n1.Nc1c([N+](=O)[O-])ccc(Oc2ccccc2)c1Cl.O=C(O)COc1ccc(Cl)c2cccnc12. The predicted octanol–water partition coefficient (Wildman–Crippen LogP) is 7.09. The van der Waals surface area contributed by atoms with Gasteiger partial charge in [-0.2, -0.15) is 31.6 Å². The topological polar surface area (TPSA) is 308 Å². The van der Waals surface area contributed by atoms with Crippen LogP contribution in [0.4, 0.5) is 35.3 Å². The number of carboxylic acids is 2. The molecular formula is C37H29Cl2F3N8O13S. The minimum atomic E-state index is -5.14. The number of nitrogens with two attached hydrogens (primary N) is 1. The van der Waals surface area contributed by atoms with Gasteiger partial charge < -0.3 is 34.9 Å². The lowest BCUT2D eigenvalue weighted by Crippen LogP contribution is -2.36. The number of hydrogen-bond donors (Lipinski definition) is 5. The molecule has 336 valence electrons. The molecule has 6 aromatic rings. The molecule has 3 aromatic carbocycles. The van der Waals surface area contributed by atoms with E-state index in [0.717, 1.165) is 5.39 Å². The number of ether oxygens (including phenoxy) is 4. The summed E-state index contributed by atoms with van der Waals surface area (Å²) in [5, 5.41) is 30.0. The molecule has 0 bridgehead atoms. The number of benzene rings is 3. The Morgan fingerprint density at radius 2 is 1.53 bits per heavy atom. The second-order valence-electron chi connectivity index (χ2n) is 11.8. The number of sulfonamides is 1. The molecule has 3 heterocycles. The van der Waals surface area contributed by atoms with Crippen LogP contribution in [0.3, 0.4) is 0 Å². The molecule has 0 saturated carbocycles. The maximum absolute atomic E-state index is 12.8. The minimum absolute atomic E-state index is 0.0352. The van der Waals surface area contributed by atoms with Gasteiger partial charge >= 0.3 is 24.1 Å². The van der Waals surface area contributed by atoms with E-state index in [2.05, 4.69) is 19.9 Å². The van der Waals surface area contributed by atoms with Crippen molar-refractivity contribution < 1.29 is 70.1 Å². The first kappa shape index (κ1) is 48.9. The summed E-state index contributed by atoms with van der Waals surface area (Å²) >= 11 is 11.9. The number of methoxy groups -OCH3 is 2. The number of halogens is 5. The van der Waals surface area contributed by atoms with E-state index in [9.17, 15) is 46.1 Å². The molecule has 6 N–H and O–H groups in total. The molecule has 6 rings (SSSR count). The number of nitrogens with zero attached hydrogens (tertiary/aromatic N) is 5. The summed E-state index contributed by atoms with van der Waals surface area (Å²) in [6, 6.07) is 18.9. The first-order valence-electron chi connectivity index (χ1n) is 17.1. The Balaban J connectivity index is 0.000000225. The molecule has 0 atom stereocenters. The van der Waals surface area contributed by atoms with Gasteiger partial charge in [0.1, 0.15) is 39.2 Å². The lowest BCUT2D eigenvalue weighted by atomic mass is 10.2. The van der Waals surface area contributed by atoms with Crippen LogP contribution in [0.2, 0.25) is 10.0 Å². The smallest absolute Gasteiger partial charge is 0.433 e. The third-order valence-electron chi connectivity index (χ3n) is 7.51. The number of para-hydroxylation sites is 1. The van der Waals surface area contributed by atoms with Gasteiger partial charge in [0.15, 0.2) is 11.6 Å². The lowest BCUT2D eigenvalue weighted by molar-refractivity contribution is -0.383. The van der Waals surface area contributed by atoms with Crippen molar-refractivity contribution in [2.45, 2.75) is 11.2 Å². The summed E-state index contributed by atoms with van der Waals surface area (Å²) in [6.45, 7) is -0.396. The number of carbonyl (C=O) groups is 3. The summed E-state index contributed by atoms with van der Waals surface area (Å²) in [5.74, 6) is -2.23. The number of alkyl halides is 3. The number of hydrogen-bond acceptors (Lipinski definition) is 16. The van der Waals surface area contributed by atoms with Crippen LogP contribution in [0.25, 0.3) is 10.9 Å². The van der Waals surface area contributed by atoms with Crippen molar-refractivity contribution in [2.75, 3.05) is 31.9 Å². The molecule has 0 aliphatic rings. The normalized spacial score (nSPS) is 10.8. The van der Waals surface area contributed by atoms with Crippen molar-refractivity contribution in [3.63, 3.8) is 0 Å². The zero-order valence-corrected chi connectivity index (χ0v) is 34.7. The van der Waals surface area contributed by atoms with E-state index in [1.807, 2.05) is 11.4 Å². The Labute approximate surface area is 367 Å². The number of nitrogens with one attached hydrogen (secondary N) is 2. The summed E-state index contributed by atoms with van der Waals surface area (Å²) in [5.41, 5.74) is 3.06. The number of aromatic carboxylic acids is 1. The number of carbonyl (C=O) groups excluding carboxylic acids is 1. The molecule has 0 fully saturated rings. The zero-order chi connectivity index (χ0) is 47.4. The van der Waals surface area contributed by atoms with Crippen LogP contribution in [-0.4, -0.2) is 82.3 Å². The van der Waals surface area contributed by atoms with Crippen molar-refractivity contribution in [3.05, 3.63) is 123 Å². The average molecular weight is 954 g/mol. The van der Waals surface area contributed by atoms with E-state index in [0.29, 0.717) is 34.2 Å². The van der Waals surface area contributed by atoms with E-state index in [1.165, 1.54) is 37.1 Å². The molecular weight excluding hydrogens is 924 g/mol. The zero-order valence-electron chi connectivity index (χ0n) is 32.4. The Morgan fingerprint density at radius 3 is 2.11 bits per heavy atom. The van der Waals surface area contributed by atoms with Gasteiger partial charge in [0, 0.05) is 17.6 Å². The van der Waals surface area contributed by atoms with Crippen molar-refractivity contribution in [1.29, 1.82) is 0 Å². The van der Waals surface area contributed by atoms with Crippen LogP contribution in [0.1, 0.15) is 16.1 Å². The van der Waals surface area contributed by atoms with Crippen LogP contribution >= 0.6 is 23.2 Å². The van der Waals surface area contributed by atoms with Gasteiger partial charge in [0.25, 0.3) is 15.7 Å². The lowest BCUT2D eigenvalue weighted by Gasteiger charge is -2.12. The number of aliphatic carboxylic acids is 1. The number of carboxylic acid groups (broad SMARTS) is 2. The van der Waals surface area contributed by atoms with Crippen LogP contribution in [0.15, 0.2) is 96.2 Å². The predicted molar refractivity (Wildman–Crippen MR) is 220 cm³/mol. The third kappa shape index (κ3) is 13.1. The fraction of sp³-hybridized carbons (Fsp3) is 0.108. The van der Waals surface area contributed by atoms with Crippen molar-refractivity contribution in [1.82, 2.24) is 24.7 Å². The fourth-order valence-electron chi connectivity index (χ4n) is 4.72. The first-order valence-corrected chi connectivity index (χ1v) is 19.3. The summed E-state index contributed by atoms with van der Waals surface area (Å²) in [4.78, 5) is 58.0. The number of aromatic nitrogens is 4. The molecule has 0 saturated heterocycles. The number of anilines is 2. The molecule has 64 heavy (non-hydrogen) atoms. The molecule has 27 heteroatoms. The average Bonchev–Trinajstić information content (AvgIpc) is 3.25. The van der Waals surface area contributed by atoms with Crippen molar-refractivity contribution >= 4 is 79.4 Å². The summed E-state index contributed by atoms with van der Waals surface area (Å²) in [6.07, 6.45) is -3.46. The molecule has 0 aliphatic heterocycles. The van der Waals surface area contributed by atoms with E-state index in [1.54, 1.807) is 54.7 Å². The Bertz CT molecular complexity index is 2790. The molecule has 0 unspecified atom stereocenters. The number of amides is 2. The van der Waals surface area contributed by atoms with Gasteiger partial charge in [0.05, 0.1) is 35.8 Å². The molecule has 0 spiro atoms. The van der Waals surface area contributed by atoms with Crippen LogP contribution in [0, 0.1) is 10.1 Å². The van der Waals surface area contributed by atoms with Crippen molar-refractivity contribution in [3.8, 4) is 29.0 Å². The number of rotatable bonds is 12. The summed E-state index contributed by atoms with van der Waals surface area (Å²) in [7, 11) is -2.66. The number of fused-ring (bicyclic) bond motifs is 1. The van der Waals surface area contributed by atoms with Gasteiger partial charge in [-0.1, -0.05) is 41.4 Å². The fourth-order valence-corrected chi connectivity index (χ4v) is 6.19. The van der Waals surface area contributed by atoms with Gasteiger partial charge in [-0.15, -0.1) is 0 Å². The molecule has 3 aromatic heterocycles. The number of pyridine rings is 2. The highest BCUT2D eigenvalue weighted by Crippen LogP contribution is 2.39. The number of nitro benzene ring substituents is 1. The van der Waals surface area contributed by atoms with Crippen molar-refractivity contribution in [2.24, 2.45) is 0 Å². The molecule has 0 aliphatic carbocycles. The van der Waals surface area contributed by atoms with Crippen LogP contribution in [0.5, 0.6) is 29.0 Å². The molecule has 2 amide bonds. The van der Waals surface area contributed by atoms with Gasteiger partial charge in [-0.25, -0.2) is 24.1 Å². The van der Waals surface area contributed by atoms with E-state index in [-0.39, 0.29) is 33.9 Å². The van der Waals surface area contributed by atoms with Gasteiger partial charge in [0.2, 0.25) is 17.7 Å². The monoisotopic (exact) mass is 952 g/mol. The minimum Gasteiger partial charge on any atom is -0.481 e. The maximum atomic E-state index is 12.8. The second kappa shape index (κ2) is 21.3. The molecule has 21 nitrogen and oxygen atoms in total. The number of nitrogen functional groups attached to an aromatic ring is 1. The quantitative estimate of drug-likeness (QED) is 0.0464. The molecule has 0 radical (unpaired) electrons. The largest absolute Gasteiger partial charge is 0.481 e. The van der Waals surface area contributed by atoms with Crippen LogP contribution in [-0.2, 0) is 21.0 Å². The number of urea groups is 1. The standard InChI is InChI=1S/C14H12F3N5O7S.C12H9ClN2O3.C11H8ClNO3/c1-28-8-5-9(29-2)20-12(19-8)21-13(25)22-30(26,27)10-6(11(23)24)3-4-7(18-10)14(15,16)17;13-11-10(18-8-4-2-1-3-5-8)7-6-9(12(11)14)15(16)17;12-8-3-4-9(16-6-10(14)15)11-7(8)2-1-5-13-11/h3-5H,1-2H3,(H,23,24)(H2,19,20,21,22,25);1-7H,14H2;1-5H,6H2,(H,14,15). The maximum Gasteiger partial charge on any atom is 0.433 e. The highest BCUT2D eigenvalue weighted by molar-refractivity contribution is 7.90. The first-order chi connectivity index (χ1) is 30.1. The van der Waals surface area contributed by atoms with E-state index < -0.39 is 67.9 Å². The highest BCUT2D eigenvalue weighted by Gasteiger charge is 2.36. The Kier molecular flexibility index (Phi) is 16.3. The Morgan fingerprint density at radius 1 is 0.891 bits per heavy atom. The van der Waals surface area contributed by atoms with E-state index in [4.69, 9.17) is 58.1 Å². The van der Waals surface area contributed by atoms with E-state index >= 15 is 0 Å². The Hall–Kier alpha value is -7.77. The van der Waals surface area contributed by atoms with Crippen LogP contribution < -0.4 is 34.7 Å². The van der Waals surface area contributed by atoms with Gasteiger partial charge in [-0.05, 0) is 54.6 Å². The van der Waals surface area contributed by atoms with Gasteiger partial charge in [-0.3, -0.25) is 20.4 Å². The highest BCUT2D eigenvalue weighted by atomic mass is 35.5.